The number of hydrogen-bond donors (Lipinski definition) is 0. The molecule has 200 valence electrons. The van der Waals surface area contributed by atoms with Gasteiger partial charge in [0.25, 0.3) is 0 Å². The molecule has 0 bridgehead atoms. The Morgan fingerprint density at radius 1 is 1.00 bits per heavy atom. The van der Waals surface area contributed by atoms with Crippen molar-refractivity contribution >= 4 is 22.8 Å². The van der Waals surface area contributed by atoms with Gasteiger partial charge >= 0.3 is 11.9 Å². The van der Waals surface area contributed by atoms with Crippen molar-refractivity contribution in [2.24, 2.45) is 0 Å². The van der Waals surface area contributed by atoms with E-state index < -0.39 is 28.6 Å². The fourth-order valence-corrected chi connectivity index (χ4v) is 5.32. The summed E-state index contributed by atoms with van der Waals surface area (Å²) in [5.41, 5.74) is -1.49. The third-order valence-electron chi connectivity index (χ3n) is 7.14. The second-order valence-electron chi connectivity index (χ2n) is 9.37. The van der Waals surface area contributed by atoms with Gasteiger partial charge in [0.1, 0.15) is 16.8 Å². The first-order chi connectivity index (χ1) is 18.9. The Labute approximate surface area is 224 Å². The minimum atomic E-state index is -1.77. The summed E-state index contributed by atoms with van der Waals surface area (Å²) in [4.78, 5) is 40.1. The molecule has 0 aliphatic heterocycles. The van der Waals surface area contributed by atoms with Gasteiger partial charge in [0.05, 0.1) is 37.3 Å². The number of carbonyl (C=O) groups is 2. The molecule has 7 nitrogen and oxygen atoms in total. The Kier molecular flexibility index (Phi) is 6.95. The fraction of sp³-hybridized carbons (Fsp3) is 0.258. The van der Waals surface area contributed by atoms with E-state index in [0.29, 0.717) is 16.6 Å². The van der Waals surface area contributed by atoms with Crippen molar-refractivity contribution in [1.82, 2.24) is 4.57 Å². The molecular weight excluding hydrogens is 501 g/mol. The highest BCUT2D eigenvalue weighted by Crippen LogP contribution is 2.49. The van der Waals surface area contributed by atoms with Gasteiger partial charge < -0.3 is 18.8 Å². The Balaban J connectivity index is 1.98. The molecule has 1 fully saturated rings. The summed E-state index contributed by atoms with van der Waals surface area (Å²) in [5.74, 6) is -2.33. The number of esters is 2. The normalized spacial score (nSPS) is 13.2. The van der Waals surface area contributed by atoms with E-state index in [-0.39, 0.29) is 34.9 Å². The zero-order valence-corrected chi connectivity index (χ0v) is 21.9. The van der Waals surface area contributed by atoms with Gasteiger partial charge in [-0.2, -0.15) is 0 Å². The zero-order valence-electron chi connectivity index (χ0n) is 21.9. The molecule has 0 atom stereocenters. The molecule has 3 aromatic carbocycles. The van der Waals surface area contributed by atoms with Crippen molar-refractivity contribution in [1.29, 1.82) is 0 Å². The zero-order chi connectivity index (χ0) is 27.7. The van der Waals surface area contributed by atoms with E-state index in [1.807, 2.05) is 0 Å². The largest absolute Gasteiger partial charge is 0.494 e. The van der Waals surface area contributed by atoms with Crippen LogP contribution in [-0.2, 0) is 19.7 Å². The van der Waals surface area contributed by atoms with Crippen LogP contribution in [0.2, 0.25) is 0 Å². The van der Waals surface area contributed by atoms with Crippen LogP contribution in [0.1, 0.15) is 52.9 Å². The van der Waals surface area contributed by atoms with Gasteiger partial charge in [-0.3, -0.25) is 9.59 Å². The number of pyridine rings is 1. The van der Waals surface area contributed by atoms with E-state index in [2.05, 4.69) is 0 Å². The minimum Gasteiger partial charge on any atom is -0.494 e. The third-order valence-corrected chi connectivity index (χ3v) is 7.14. The summed E-state index contributed by atoms with van der Waals surface area (Å²) in [7, 11) is 2.62. The number of hydrogen-bond acceptors (Lipinski definition) is 6. The van der Waals surface area contributed by atoms with Crippen LogP contribution in [-0.4, -0.2) is 37.3 Å². The average molecular weight is 530 g/mol. The van der Waals surface area contributed by atoms with Gasteiger partial charge in [0.15, 0.2) is 5.75 Å². The molecular formula is C31H28FNO6. The molecule has 1 saturated carbocycles. The molecule has 8 heteroatoms. The van der Waals surface area contributed by atoms with Crippen molar-refractivity contribution < 1.29 is 28.2 Å². The molecule has 1 aliphatic carbocycles. The minimum absolute atomic E-state index is 0.0162. The highest BCUT2D eigenvalue weighted by atomic mass is 19.1. The lowest BCUT2D eigenvalue weighted by molar-refractivity contribution is -0.144. The Bertz CT molecular complexity index is 1570. The third kappa shape index (κ3) is 4.16. The number of benzene rings is 3. The molecule has 0 N–H and O–H groups in total. The second kappa shape index (κ2) is 10.4. The molecule has 5 rings (SSSR count). The summed E-state index contributed by atoms with van der Waals surface area (Å²) in [6.45, 7) is 1.74. The summed E-state index contributed by atoms with van der Waals surface area (Å²) >= 11 is 0. The Hall–Kier alpha value is -4.46. The predicted octanol–water partition coefficient (Wildman–Crippen LogP) is 5.17. The standard InChI is InChI=1S/C31H28FNO6/c1-4-39-29(35)23-18-33(21-15-16-21)26-22(27(23)34)17-24(32)25(28(26)37-2)31(30(36)38-3,19-11-7-5-8-12-19)20-13-9-6-10-14-20/h5-14,17-18,21H,4,15-16H2,1-3H3. The van der Waals surface area contributed by atoms with Crippen molar-refractivity contribution in [3.63, 3.8) is 0 Å². The van der Waals surface area contributed by atoms with E-state index in [4.69, 9.17) is 14.2 Å². The van der Waals surface area contributed by atoms with Crippen molar-refractivity contribution in [3.8, 4) is 5.75 Å². The summed E-state index contributed by atoms with van der Waals surface area (Å²) in [5, 5.41) is -0.0366. The van der Waals surface area contributed by atoms with Crippen molar-refractivity contribution in [2.75, 3.05) is 20.8 Å². The topological polar surface area (TPSA) is 83.8 Å². The van der Waals surface area contributed by atoms with Crippen LogP contribution in [0.15, 0.2) is 77.7 Å². The number of fused-ring (bicyclic) bond motifs is 1. The maximum Gasteiger partial charge on any atom is 0.343 e. The summed E-state index contributed by atoms with van der Waals surface area (Å²) in [6.07, 6.45) is 3.06. The fourth-order valence-electron chi connectivity index (χ4n) is 5.32. The SMILES string of the molecule is CCOC(=O)c1cn(C2CC2)c2c(OC)c(C(C(=O)OC)(c3ccccc3)c3ccccc3)c(F)cc2c1=O. The van der Waals surface area contributed by atoms with Crippen LogP contribution in [0.4, 0.5) is 4.39 Å². The first-order valence-corrected chi connectivity index (χ1v) is 12.7. The lowest BCUT2D eigenvalue weighted by Gasteiger charge is -2.34. The van der Waals surface area contributed by atoms with E-state index in [9.17, 15) is 14.4 Å². The lowest BCUT2D eigenvalue weighted by Crippen LogP contribution is -2.41. The quantitative estimate of drug-likeness (QED) is 0.231. The molecule has 1 aromatic heterocycles. The monoisotopic (exact) mass is 529 g/mol. The maximum atomic E-state index is 16.6. The van der Waals surface area contributed by atoms with Gasteiger partial charge in [0, 0.05) is 12.2 Å². The van der Waals surface area contributed by atoms with Gasteiger partial charge in [-0.05, 0) is 37.0 Å². The molecule has 39 heavy (non-hydrogen) atoms. The highest BCUT2D eigenvalue weighted by molar-refractivity contribution is 5.99. The van der Waals surface area contributed by atoms with Gasteiger partial charge in [-0.15, -0.1) is 0 Å². The van der Waals surface area contributed by atoms with E-state index in [0.717, 1.165) is 18.9 Å². The first kappa shape index (κ1) is 26.2. The molecule has 0 unspecified atom stereocenters. The number of halogens is 1. The molecule has 4 aromatic rings. The molecule has 0 spiro atoms. The highest BCUT2D eigenvalue weighted by Gasteiger charge is 2.50. The first-order valence-electron chi connectivity index (χ1n) is 12.7. The van der Waals surface area contributed by atoms with Crippen LogP contribution < -0.4 is 10.2 Å². The van der Waals surface area contributed by atoms with E-state index in [1.54, 1.807) is 72.2 Å². The van der Waals surface area contributed by atoms with E-state index >= 15 is 4.39 Å². The number of nitrogens with zero attached hydrogens (tertiary/aromatic N) is 1. The summed E-state index contributed by atoms with van der Waals surface area (Å²) in [6, 6.07) is 18.6. The average Bonchev–Trinajstić information content (AvgIpc) is 3.81. The number of rotatable bonds is 8. The van der Waals surface area contributed by atoms with Crippen LogP contribution in [0.5, 0.6) is 5.75 Å². The maximum absolute atomic E-state index is 16.6. The number of methoxy groups -OCH3 is 2. The molecule has 1 aliphatic rings. The summed E-state index contributed by atoms with van der Waals surface area (Å²) < 4.78 is 34.7. The van der Waals surface area contributed by atoms with Crippen LogP contribution in [0, 0.1) is 5.82 Å². The number of carbonyl (C=O) groups excluding carboxylic acids is 2. The smallest absolute Gasteiger partial charge is 0.343 e. The molecule has 1 heterocycles. The van der Waals surface area contributed by atoms with Crippen LogP contribution in [0.3, 0.4) is 0 Å². The molecule has 0 saturated heterocycles. The lowest BCUT2D eigenvalue weighted by atomic mass is 9.68. The molecule has 0 amide bonds. The second-order valence-corrected chi connectivity index (χ2v) is 9.37. The van der Waals surface area contributed by atoms with Gasteiger partial charge in [0.2, 0.25) is 5.43 Å². The Morgan fingerprint density at radius 3 is 2.08 bits per heavy atom. The van der Waals surface area contributed by atoms with Crippen molar-refractivity contribution in [3.05, 3.63) is 111 Å². The van der Waals surface area contributed by atoms with Crippen LogP contribution >= 0.6 is 0 Å². The van der Waals surface area contributed by atoms with Crippen LogP contribution in [0.25, 0.3) is 10.9 Å². The number of aromatic nitrogens is 1. The predicted molar refractivity (Wildman–Crippen MR) is 144 cm³/mol. The van der Waals surface area contributed by atoms with Crippen molar-refractivity contribution in [2.45, 2.75) is 31.2 Å². The van der Waals surface area contributed by atoms with Gasteiger partial charge in [-0.25, -0.2) is 9.18 Å². The molecule has 0 radical (unpaired) electrons. The number of ether oxygens (including phenoxy) is 3. The van der Waals surface area contributed by atoms with E-state index in [1.165, 1.54) is 20.4 Å². The Morgan fingerprint density at radius 2 is 1.59 bits per heavy atom. The van der Waals surface area contributed by atoms with Gasteiger partial charge in [-0.1, -0.05) is 60.7 Å².